The minimum Gasteiger partial charge on any atom is -0.496 e. The van der Waals surface area contributed by atoms with Gasteiger partial charge in [-0.05, 0) is 31.0 Å². The number of ether oxygens (including phenoxy) is 1. The largest absolute Gasteiger partial charge is 0.496 e. The van der Waals surface area contributed by atoms with Crippen molar-refractivity contribution in [1.29, 1.82) is 0 Å². The SMILES string of the molecule is COc1ccc(F)cc1C(=O)NC1CCCCC1O. The molecule has 5 heteroatoms. The second kappa shape index (κ2) is 6.02. The summed E-state index contributed by atoms with van der Waals surface area (Å²) in [5.74, 6) is -0.582. The van der Waals surface area contributed by atoms with Gasteiger partial charge in [-0.25, -0.2) is 4.39 Å². The van der Waals surface area contributed by atoms with Gasteiger partial charge < -0.3 is 15.2 Å². The first-order valence-corrected chi connectivity index (χ1v) is 6.44. The molecule has 4 nitrogen and oxygen atoms in total. The predicted octanol–water partition coefficient (Wildman–Crippen LogP) is 1.87. The van der Waals surface area contributed by atoms with Gasteiger partial charge in [-0.3, -0.25) is 4.79 Å². The first-order valence-electron chi connectivity index (χ1n) is 6.44. The maximum atomic E-state index is 13.2. The summed E-state index contributed by atoms with van der Waals surface area (Å²) < 4.78 is 18.3. The molecule has 1 fully saturated rings. The normalized spacial score (nSPS) is 22.9. The number of carbonyl (C=O) groups excluding carboxylic acids is 1. The summed E-state index contributed by atoms with van der Waals surface area (Å²) in [6.45, 7) is 0. The highest BCUT2D eigenvalue weighted by molar-refractivity contribution is 5.97. The Morgan fingerprint density at radius 1 is 1.42 bits per heavy atom. The number of halogens is 1. The van der Waals surface area contributed by atoms with Crippen LogP contribution in [0.25, 0.3) is 0 Å². The van der Waals surface area contributed by atoms with Gasteiger partial charge in [0.2, 0.25) is 0 Å². The van der Waals surface area contributed by atoms with E-state index in [0.29, 0.717) is 12.2 Å². The van der Waals surface area contributed by atoms with E-state index in [1.54, 1.807) is 0 Å². The molecule has 19 heavy (non-hydrogen) atoms. The van der Waals surface area contributed by atoms with Crippen molar-refractivity contribution < 1.29 is 19.0 Å². The lowest BCUT2D eigenvalue weighted by molar-refractivity contribution is 0.0715. The highest BCUT2D eigenvalue weighted by Gasteiger charge is 2.25. The van der Waals surface area contributed by atoms with Gasteiger partial charge in [-0.1, -0.05) is 12.8 Å². The molecule has 0 bridgehead atoms. The fraction of sp³-hybridized carbons (Fsp3) is 0.500. The molecule has 0 heterocycles. The zero-order chi connectivity index (χ0) is 13.8. The quantitative estimate of drug-likeness (QED) is 0.879. The molecule has 1 aliphatic carbocycles. The van der Waals surface area contributed by atoms with Crippen LogP contribution in [0.1, 0.15) is 36.0 Å². The highest BCUT2D eigenvalue weighted by atomic mass is 19.1. The van der Waals surface area contributed by atoms with Crippen molar-refractivity contribution >= 4 is 5.91 Å². The summed E-state index contributed by atoms with van der Waals surface area (Å²) in [6.07, 6.45) is 2.84. The van der Waals surface area contributed by atoms with E-state index in [4.69, 9.17) is 4.74 Å². The van der Waals surface area contributed by atoms with Crippen LogP contribution in [0.4, 0.5) is 4.39 Å². The Kier molecular flexibility index (Phi) is 4.37. The van der Waals surface area contributed by atoms with Crippen molar-refractivity contribution in [2.24, 2.45) is 0 Å². The Morgan fingerprint density at radius 2 is 2.16 bits per heavy atom. The smallest absolute Gasteiger partial charge is 0.255 e. The van der Waals surface area contributed by atoms with Crippen LogP contribution in [-0.2, 0) is 0 Å². The third-order valence-electron chi connectivity index (χ3n) is 3.45. The van der Waals surface area contributed by atoms with Crippen molar-refractivity contribution in [3.8, 4) is 5.75 Å². The lowest BCUT2D eigenvalue weighted by Gasteiger charge is -2.28. The van der Waals surface area contributed by atoms with Crippen LogP contribution in [0.3, 0.4) is 0 Å². The number of hydrogen-bond donors (Lipinski definition) is 2. The molecule has 2 unspecified atom stereocenters. The third-order valence-corrected chi connectivity index (χ3v) is 3.45. The second-order valence-corrected chi connectivity index (χ2v) is 4.78. The van der Waals surface area contributed by atoms with Crippen LogP contribution < -0.4 is 10.1 Å². The molecule has 1 saturated carbocycles. The zero-order valence-corrected chi connectivity index (χ0v) is 10.9. The highest BCUT2D eigenvalue weighted by Crippen LogP contribution is 2.22. The average Bonchev–Trinajstić information content (AvgIpc) is 2.41. The van der Waals surface area contributed by atoms with E-state index in [1.807, 2.05) is 0 Å². The van der Waals surface area contributed by atoms with E-state index < -0.39 is 17.8 Å². The predicted molar refractivity (Wildman–Crippen MR) is 68.7 cm³/mol. The van der Waals surface area contributed by atoms with Crippen LogP contribution >= 0.6 is 0 Å². The van der Waals surface area contributed by atoms with Gasteiger partial charge in [0, 0.05) is 0 Å². The van der Waals surface area contributed by atoms with Crippen molar-refractivity contribution in [2.75, 3.05) is 7.11 Å². The molecule has 0 saturated heterocycles. The number of methoxy groups -OCH3 is 1. The van der Waals surface area contributed by atoms with Crippen LogP contribution in [0.15, 0.2) is 18.2 Å². The zero-order valence-electron chi connectivity index (χ0n) is 10.9. The average molecular weight is 267 g/mol. The lowest BCUT2D eigenvalue weighted by atomic mass is 9.92. The number of nitrogens with one attached hydrogen (secondary N) is 1. The number of aliphatic hydroxyl groups excluding tert-OH is 1. The Morgan fingerprint density at radius 3 is 2.84 bits per heavy atom. The number of carbonyl (C=O) groups is 1. The van der Waals surface area contributed by atoms with Crippen LogP contribution in [-0.4, -0.2) is 30.3 Å². The molecule has 2 atom stereocenters. The van der Waals surface area contributed by atoms with E-state index in [-0.39, 0.29) is 11.6 Å². The first-order chi connectivity index (χ1) is 9.11. The van der Waals surface area contributed by atoms with Gasteiger partial charge >= 0.3 is 0 Å². The number of aliphatic hydroxyl groups is 1. The van der Waals surface area contributed by atoms with E-state index in [0.717, 1.165) is 25.3 Å². The topological polar surface area (TPSA) is 58.6 Å². The minimum atomic E-state index is -0.530. The second-order valence-electron chi connectivity index (χ2n) is 4.78. The minimum absolute atomic E-state index is 0.153. The van der Waals surface area contributed by atoms with Gasteiger partial charge in [-0.2, -0.15) is 0 Å². The van der Waals surface area contributed by atoms with E-state index in [2.05, 4.69) is 5.32 Å². The van der Waals surface area contributed by atoms with Crippen molar-refractivity contribution in [1.82, 2.24) is 5.32 Å². The molecule has 1 aromatic carbocycles. The maximum Gasteiger partial charge on any atom is 0.255 e. The fourth-order valence-corrected chi connectivity index (χ4v) is 2.38. The van der Waals surface area contributed by atoms with Crippen LogP contribution in [0.2, 0.25) is 0 Å². The van der Waals surface area contributed by atoms with E-state index in [1.165, 1.54) is 19.2 Å². The molecule has 1 aromatic rings. The van der Waals surface area contributed by atoms with Gasteiger partial charge in [0.15, 0.2) is 0 Å². The molecule has 104 valence electrons. The lowest BCUT2D eigenvalue weighted by Crippen LogP contribution is -2.45. The molecule has 0 aromatic heterocycles. The molecule has 0 aliphatic heterocycles. The molecular formula is C14H18FNO3. The number of hydrogen-bond acceptors (Lipinski definition) is 3. The van der Waals surface area contributed by atoms with Crippen LogP contribution in [0, 0.1) is 5.82 Å². The molecular weight excluding hydrogens is 249 g/mol. The van der Waals surface area contributed by atoms with Crippen LogP contribution in [0.5, 0.6) is 5.75 Å². The number of rotatable bonds is 3. The van der Waals surface area contributed by atoms with E-state index >= 15 is 0 Å². The maximum absolute atomic E-state index is 13.2. The number of benzene rings is 1. The summed E-state index contributed by atoms with van der Waals surface area (Å²) in [5.41, 5.74) is 0.153. The summed E-state index contributed by atoms with van der Waals surface area (Å²) in [4.78, 5) is 12.1. The molecule has 2 N–H and O–H groups in total. The monoisotopic (exact) mass is 267 g/mol. The Bertz CT molecular complexity index is 464. The van der Waals surface area contributed by atoms with Crippen molar-refractivity contribution in [3.63, 3.8) is 0 Å². The van der Waals surface area contributed by atoms with Crippen molar-refractivity contribution in [3.05, 3.63) is 29.6 Å². The Balaban J connectivity index is 2.13. The van der Waals surface area contributed by atoms with Crippen molar-refractivity contribution in [2.45, 2.75) is 37.8 Å². The van der Waals surface area contributed by atoms with Gasteiger partial charge in [0.1, 0.15) is 11.6 Å². The summed E-state index contributed by atoms with van der Waals surface area (Å²) in [6, 6.07) is 3.53. The Labute approximate surface area is 111 Å². The first kappa shape index (κ1) is 13.8. The Hall–Kier alpha value is -1.62. The van der Waals surface area contributed by atoms with E-state index in [9.17, 15) is 14.3 Å². The fourth-order valence-electron chi connectivity index (χ4n) is 2.38. The number of amides is 1. The van der Waals surface area contributed by atoms with Gasteiger partial charge in [0.25, 0.3) is 5.91 Å². The van der Waals surface area contributed by atoms with Gasteiger partial charge in [0.05, 0.1) is 24.8 Å². The standard InChI is InChI=1S/C14H18FNO3/c1-19-13-7-6-9(15)8-10(13)14(18)16-11-4-2-3-5-12(11)17/h6-8,11-12,17H,2-5H2,1H3,(H,16,18). The molecule has 2 rings (SSSR count). The summed E-state index contributed by atoms with van der Waals surface area (Å²) in [7, 11) is 1.43. The third kappa shape index (κ3) is 3.23. The molecule has 0 radical (unpaired) electrons. The summed E-state index contributed by atoms with van der Waals surface area (Å²) in [5, 5.41) is 12.6. The van der Waals surface area contributed by atoms with Gasteiger partial charge in [-0.15, -0.1) is 0 Å². The molecule has 1 amide bonds. The molecule has 1 aliphatic rings. The molecule has 0 spiro atoms. The summed E-state index contributed by atoms with van der Waals surface area (Å²) >= 11 is 0.